The summed E-state index contributed by atoms with van der Waals surface area (Å²) >= 11 is 8.20. The SMILES string of the molecule is CO[C@@]1(C(C)=O)[C@@H](S)O[C@@]2(Br)COC(c3ccccc3)O[C@@H]2C1(N=[N+]=[N-])c1ccccc1. The number of hydrogen-bond donors (Lipinski definition) is 1. The summed E-state index contributed by atoms with van der Waals surface area (Å²) in [5.74, 6) is -0.419. The van der Waals surface area contributed by atoms with Gasteiger partial charge in [-0.1, -0.05) is 65.8 Å². The number of thiol groups is 1. The van der Waals surface area contributed by atoms with Crippen molar-refractivity contribution >= 4 is 34.3 Å². The van der Waals surface area contributed by atoms with Crippen LogP contribution in [0.25, 0.3) is 10.4 Å². The zero-order valence-corrected chi connectivity index (χ0v) is 19.9. The predicted molar refractivity (Wildman–Crippen MR) is 123 cm³/mol. The van der Waals surface area contributed by atoms with Crippen LogP contribution in [0.5, 0.6) is 0 Å². The van der Waals surface area contributed by atoms with E-state index in [9.17, 15) is 10.3 Å². The average molecular weight is 520 g/mol. The van der Waals surface area contributed by atoms with Gasteiger partial charge in [0.1, 0.15) is 17.1 Å². The van der Waals surface area contributed by atoms with Gasteiger partial charge in [-0.25, -0.2) is 0 Å². The number of hydrogen-bond acceptors (Lipinski definition) is 7. The van der Waals surface area contributed by atoms with E-state index in [1.54, 1.807) is 24.3 Å². The number of carbonyl (C=O) groups is 1. The number of rotatable bonds is 5. The van der Waals surface area contributed by atoms with E-state index < -0.39 is 39.3 Å². The molecule has 8 nitrogen and oxygen atoms in total. The number of benzene rings is 2. The zero-order valence-electron chi connectivity index (χ0n) is 17.4. The molecule has 2 aliphatic heterocycles. The van der Waals surface area contributed by atoms with E-state index in [2.05, 4.69) is 38.6 Å². The lowest BCUT2D eigenvalue weighted by Gasteiger charge is -2.61. The molecule has 2 fully saturated rings. The quantitative estimate of drug-likeness (QED) is 0.203. The third kappa shape index (κ3) is 3.30. The molecule has 2 heterocycles. The van der Waals surface area contributed by atoms with Gasteiger partial charge in [-0.15, -0.1) is 12.6 Å². The fraction of sp³-hybridized carbons (Fsp3) is 0.409. The molecule has 6 atom stereocenters. The molecule has 0 N–H and O–H groups in total. The molecule has 0 spiro atoms. The van der Waals surface area contributed by atoms with Crippen LogP contribution < -0.4 is 0 Å². The van der Waals surface area contributed by atoms with Crippen LogP contribution in [-0.2, 0) is 29.3 Å². The molecule has 10 heteroatoms. The van der Waals surface area contributed by atoms with Gasteiger partial charge in [-0.3, -0.25) is 4.79 Å². The van der Waals surface area contributed by atoms with Crippen LogP contribution in [0.2, 0.25) is 0 Å². The number of fused-ring (bicyclic) bond motifs is 1. The number of nitrogens with zero attached hydrogens (tertiary/aromatic N) is 3. The minimum atomic E-state index is -1.79. The highest BCUT2D eigenvalue weighted by Crippen LogP contribution is 2.59. The number of alkyl halides is 1. The maximum absolute atomic E-state index is 13.2. The first-order chi connectivity index (χ1) is 15.4. The number of azide groups is 1. The first-order valence-corrected chi connectivity index (χ1v) is 11.2. The number of methoxy groups -OCH3 is 1. The molecule has 32 heavy (non-hydrogen) atoms. The van der Waals surface area contributed by atoms with E-state index in [0.717, 1.165) is 5.56 Å². The zero-order chi connectivity index (χ0) is 23.0. The van der Waals surface area contributed by atoms with Crippen LogP contribution in [0, 0.1) is 0 Å². The van der Waals surface area contributed by atoms with Crippen molar-refractivity contribution in [3.05, 3.63) is 82.2 Å². The summed E-state index contributed by atoms with van der Waals surface area (Å²) in [5, 5.41) is 4.23. The lowest BCUT2D eigenvalue weighted by Crippen LogP contribution is -2.77. The van der Waals surface area contributed by atoms with Gasteiger partial charge in [0.2, 0.25) is 0 Å². The molecule has 2 unspecified atom stereocenters. The summed E-state index contributed by atoms with van der Waals surface area (Å²) in [6, 6.07) is 18.3. The second-order valence-electron chi connectivity index (χ2n) is 7.64. The highest BCUT2D eigenvalue weighted by Gasteiger charge is 2.74. The van der Waals surface area contributed by atoms with Gasteiger partial charge in [0.25, 0.3) is 0 Å². The van der Waals surface area contributed by atoms with E-state index in [1.165, 1.54) is 14.0 Å². The lowest BCUT2D eigenvalue weighted by molar-refractivity contribution is -0.339. The molecule has 0 aromatic heterocycles. The number of ether oxygens (including phenoxy) is 4. The Morgan fingerprint density at radius 3 is 2.41 bits per heavy atom. The standard InChI is InChI=1S/C22H22BrN3O5S/c1-14(27)22(28-2)19(32)31-20(23)13-29-17(15-9-5-3-6-10-15)30-18(20)21(22,25-26-24)16-11-7-4-8-12-16/h3-12,17-19,32H,13H2,1-2H3/t17?,18-,19+,20-,21?,22-/m0/s1. The van der Waals surface area contributed by atoms with Crippen LogP contribution in [-0.4, -0.2) is 41.2 Å². The van der Waals surface area contributed by atoms with Crippen molar-refractivity contribution in [3.8, 4) is 0 Å². The van der Waals surface area contributed by atoms with E-state index >= 15 is 0 Å². The Hall–Kier alpha value is -1.91. The van der Waals surface area contributed by atoms with Crippen molar-refractivity contribution in [2.24, 2.45) is 5.11 Å². The van der Waals surface area contributed by atoms with Crippen molar-refractivity contribution < 1.29 is 23.7 Å². The van der Waals surface area contributed by atoms with Gasteiger partial charge >= 0.3 is 0 Å². The number of Topliss-reactive ketones (excluding diaryl/α,β-unsaturated/α-hetero) is 1. The molecule has 0 amide bonds. The second kappa shape index (κ2) is 8.79. The maximum Gasteiger partial charge on any atom is 0.184 e. The minimum absolute atomic E-state index is 0.0432. The topological polar surface area (TPSA) is 103 Å². The van der Waals surface area contributed by atoms with Crippen LogP contribution >= 0.6 is 28.6 Å². The summed E-state index contributed by atoms with van der Waals surface area (Å²) in [7, 11) is 1.37. The van der Waals surface area contributed by atoms with Crippen LogP contribution in [0.3, 0.4) is 0 Å². The second-order valence-corrected chi connectivity index (χ2v) is 9.46. The van der Waals surface area contributed by atoms with E-state index in [-0.39, 0.29) is 6.61 Å². The maximum atomic E-state index is 13.2. The Labute approximate surface area is 199 Å². The van der Waals surface area contributed by atoms with Crippen LogP contribution in [0.15, 0.2) is 65.8 Å². The Morgan fingerprint density at radius 1 is 1.22 bits per heavy atom. The van der Waals surface area contributed by atoms with Gasteiger partial charge in [-0.05, 0) is 33.9 Å². The first-order valence-electron chi connectivity index (χ1n) is 9.90. The average Bonchev–Trinajstić information content (AvgIpc) is 2.80. The van der Waals surface area contributed by atoms with Crippen molar-refractivity contribution in [2.75, 3.05) is 13.7 Å². The Bertz CT molecular complexity index is 1040. The molecule has 0 aliphatic carbocycles. The first kappa shape index (κ1) is 23.3. The molecule has 168 valence electrons. The molecule has 0 saturated carbocycles. The van der Waals surface area contributed by atoms with Gasteiger partial charge in [0, 0.05) is 17.6 Å². The predicted octanol–water partition coefficient (Wildman–Crippen LogP) is 4.66. The molecule has 0 radical (unpaired) electrons. The van der Waals surface area contributed by atoms with Gasteiger partial charge in [-0.2, -0.15) is 0 Å². The highest BCUT2D eigenvalue weighted by atomic mass is 79.9. The number of ketones is 1. The highest BCUT2D eigenvalue weighted by molar-refractivity contribution is 9.10. The summed E-state index contributed by atoms with van der Waals surface area (Å²) in [6.07, 6.45) is -1.80. The molecular weight excluding hydrogens is 498 g/mol. The van der Waals surface area contributed by atoms with E-state index in [0.29, 0.717) is 5.56 Å². The Balaban J connectivity index is 1.99. The number of halogens is 1. The molecule has 4 rings (SSSR count). The molecule has 2 aromatic carbocycles. The van der Waals surface area contributed by atoms with Crippen molar-refractivity contribution in [1.82, 2.24) is 0 Å². The summed E-state index contributed by atoms with van der Waals surface area (Å²) < 4.78 is 23.1. The molecule has 0 bridgehead atoms. The number of carbonyl (C=O) groups excluding carboxylic acids is 1. The fourth-order valence-electron chi connectivity index (χ4n) is 4.63. The van der Waals surface area contributed by atoms with Gasteiger partial charge in [0.05, 0.1) is 6.61 Å². The van der Waals surface area contributed by atoms with Crippen molar-refractivity contribution in [2.45, 2.75) is 40.4 Å². The summed E-state index contributed by atoms with van der Waals surface area (Å²) in [6.45, 7) is 1.40. The summed E-state index contributed by atoms with van der Waals surface area (Å²) in [4.78, 5) is 16.4. The van der Waals surface area contributed by atoms with Crippen molar-refractivity contribution in [3.63, 3.8) is 0 Å². The van der Waals surface area contributed by atoms with Gasteiger partial charge < -0.3 is 18.9 Å². The smallest absolute Gasteiger partial charge is 0.184 e. The third-order valence-electron chi connectivity index (χ3n) is 6.02. The Morgan fingerprint density at radius 2 is 1.84 bits per heavy atom. The van der Waals surface area contributed by atoms with Gasteiger partial charge in [0.15, 0.2) is 22.2 Å². The third-order valence-corrected chi connectivity index (χ3v) is 7.32. The van der Waals surface area contributed by atoms with E-state index in [1.807, 2.05) is 36.4 Å². The molecular formula is C22H22BrN3O5S. The Kier molecular flexibility index (Phi) is 6.39. The largest absolute Gasteiger partial charge is 0.366 e. The molecule has 2 saturated heterocycles. The van der Waals surface area contributed by atoms with E-state index in [4.69, 9.17) is 18.9 Å². The van der Waals surface area contributed by atoms with Crippen LogP contribution in [0.4, 0.5) is 0 Å². The summed E-state index contributed by atoms with van der Waals surface area (Å²) in [5.41, 5.74) is 6.45. The van der Waals surface area contributed by atoms with Crippen molar-refractivity contribution in [1.29, 1.82) is 0 Å². The molecule has 2 aliphatic rings. The lowest BCUT2D eigenvalue weighted by atomic mass is 9.66. The molecule has 2 aromatic rings. The monoisotopic (exact) mass is 519 g/mol. The van der Waals surface area contributed by atoms with Crippen LogP contribution in [0.1, 0.15) is 24.3 Å². The fourth-order valence-corrected chi connectivity index (χ4v) is 6.20. The normalized spacial score (nSPS) is 36.6. The minimum Gasteiger partial charge on any atom is -0.366 e.